The molecule has 0 aromatic rings. The van der Waals surface area contributed by atoms with Gasteiger partial charge in [-0.2, -0.15) is 0 Å². The molecule has 0 radical (unpaired) electrons. The van der Waals surface area contributed by atoms with Gasteiger partial charge in [0.05, 0.1) is 12.7 Å². The highest BCUT2D eigenvalue weighted by Crippen LogP contribution is 2.47. The summed E-state index contributed by atoms with van der Waals surface area (Å²) in [4.78, 5) is 35.7. The summed E-state index contributed by atoms with van der Waals surface area (Å²) in [5.41, 5.74) is 0. The van der Waals surface area contributed by atoms with Crippen LogP contribution in [0.2, 0.25) is 0 Å². The lowest BCUT2D eigenvalue weighted by Gasteiger charge is -2.41. The number of ether oxygens (including phenoxy) is 2. The van der Waals surface area contributed by atoms with Crippen LogP contribution in [0, 0.1) is 0 Å². The number of hydrogen-bond acceptors (Lipinski definition) is 13. The van der Waals surface area contributed by atoms with Crippen molar-refractivity contribution >= 4 is 19.8 Å². The largest absolute Gasteiger partial charge is 0.472 e. The van der Waals surface area contributed by atoms with Crippen LogP contribution >= 0.6 is 7.82 Å². The van der Waals surface area contributed by atoms with Crippen molar-refractivity contribution < 1.29 is 68.2 Å². The van der Waals surface area contributed by atoms with E-state index in [1.165, 1.54) is 57.8 Å². The number of phosphoric acid groups is 1. The molecule has 9 atom stereocenters. The fourth-order valence-electron chi connectivity index (χ4n) is 6.59. The van der Waals surface area contributed by atoms with Crippen LogP contribution in [0.25, 0.3) is 0 Å². The molecule has 0 spiro atoms. The highest BCUT2D eigenvalue weighted by atomic mass is 31.2. The summed E-state index contributed by atoms with van der Waals surface area (Å²) in [6.07, 6.45) is 27.2. The van der Waals surface area contributed by atoms with Crippen molar-refractivity contribution in [1.29, 1.82) is 0 Å². The van der Waals surface area contributed by atoms with Gasteiger partial charge in [-0.25, -0.2) is 4.57 Å². The van der Waals surface area contributed by atoms with Gasteiger partial charge in [-0.05, 0) is 70.6 Å². The van der Waals surface area contributed by atoms with E-state index in [2.05, 4.69) is 38.2 Å². The second-order valence-electron chi connectivity index (χ2n) is 16.1. The van der Waals surface area contributed by atoms with Crippen LogP contribution in [0.4, 0.5) is 0 Å². The van der Waals surface area contributed by atoms with Gasteiger partial charge in [-0.1, -0.05) is 139 Å². The molecule has 62 heavy (non-hydrogen) atoms. The second-order valence-corrected chi connectivity index (χ2v) is 17.5. The standard InChI is InChI=1S/C47H81O14P/c1-3-5-7-9-11-13-14-15-16-17-18-20-22-26-30-34-40(49)58-36-39(37-59-62(56,57)61-47-45(54)43(52)42(51)44(53)46(47)55)60-41(50)35-31-27-23-25-29-33-38(48)32-28-24-21-19-12-10-8-6-4-2/h12,15-16,19,23-25,28-29,33,38-39,42-48,51-55H,3-11,13-14,17-18,20-22,26-27,30-32,34-37H2,1-2H3,(H,56,57)/b16-15-,19-12-,25-23+,28-24-,33-29-/t38?,39-,42?,43-,44+,45-,46-,47?/m1/s1. The molecule has 7 N–H and O–H groups in total. The number of rotatable bonds is 37. The van der Waals surface area contributed by atoms with Crippen LogP contribution in [-0.4, -0.2) is 110 Å². The van der Waals surface area contributed by atoms with Crippen LogP contribution in [0.15, 0.2) is 60.8 Å². The Morgan fingerprint density at radius 3 is 1.73 bits per heavy atom. The number of carbonyl (C=O) groups is 2. The number of phosphoric ester groups is 1. The lowest BCUT2D eigenvalue weighted by atomic mass is 9.85. The zero-order valence-corrected chi connectivity index (χ0v) is 38.4. The Bertz CT molecular complexity index is 1330. The van der Waals surface area contributed by atoms with Crippen LogP contribution in [0.5, 0.6) is 0 Å². The highest BCUT2D eigenvalue weighted by molar-refractivity contribution is 7.47. The van der Waals surface area contributed by atoms with E-state index in [4.69, 9.17) is 18.5 Å². The molecule has 0 aliphatic heterocycles. The number of esters is 2. The van der Waals surface area contributed by atoms with Gasteiger partial charge in [0.1, 0.15) is 43.2 Å². The van der Waals surface area contributed by atoms with Crippen molar-refractivity contribution in [1.82, 2.24) is 0 Å². The molecule has 0 heterocycles. The number of aliphatic hydroxyl groups excluding tert-OH is 6. The minimum absolute atomic E-state index is 0.0419. The minimum Gasteiger partial charge on any atom is -0.462 e. The average Bonchev–Trinajstić information content (AvgIpc) is 3.25. The van der Waals surface area contributed by atoms with E-state index in [9.17, 15) is 49.7 Å². The third kappa shape index (κ3) is 29.1. The molecule has 1 fully saturated rings. The fraction of sp³-hybridized carbons (Fsp3) is 0.745. The Balaban J connectivity index is 2.56. The van der Waals surface area contributed by atoms with E-state index < -0.39 is 81.8 Å². The Kier molecular flexibility index (Phi) is 34.2. The van der Waals surface area contributed by atoms with Crippen molar-refractivity contribution in [3.63, 3.8) is 0 Å². The fourth-order valence-corrected chi connectivity index (χ4v) is 7.56. The number of unbranched alkanes of at least 4 members (excludes halogenated alkanes) is 15. The maximum atomic E-state index is 12.8. The first-order chi connectivity index (χ1) is 29.8. The number of aliphatic hydroxyl groups is 6. The third-order valence-electron chi connectivity index (χ3n) is 10.4. The smallest absolute Gasteiger partial charge is 0.462 e. The Morgan fingerprint density at radius 1 is 0.581 bits per heavy atom. The minimum atomic E-state index is -5.16. The third-order valence-corrected chi connectivity index (χ3v) is 11.4. The molecule has 0 aromatic carbocycles. The molecule has 1 aliphatic carbocycles. The predicted octanol–water partition coefficient (Wildman–Crippen LogP) is 7.92. The SMILES string of the molecule is CCCCC/C=C\C/C=C\CC(O)/C=C\C=C\CCCC(=O)O[C@H](COC(=O)CCCCCCC/C=C\CCCCCCCC)COP(=O)(O)OC1[C@H](O)[C@H](O)C(O)[C@H](O)[C@H]1O. The van der Waals surface area contributed by atoms with Gasteiger partial charge in [0, 0.05) is 12.8 Å². The average molecular weight is 901 g/mol. The van der Waals surface area contributed by atoms with Gasteiger partial charge < -0.3 is 45.0 Å². The van der Waals surface area contributed by atoms with E-state index in [1.807, 2.05) is 18.2 Å². The highest BCUT2D eigenvalue weighted by Gasteiger charge is 2.51. The van der Waals surface area contributed by atoms with Crippen molar-refractivity contribution in [3.8, 4) is 0 Å². The molecule has 1 rings (SSSR count). The van der Waals surface area contributed by atoms with E-state index in [-0.39, 0.29) is 12.8 Å². The molecule has 358 valence electrons. The normalized spacial score (nSPS) is 22.9. The van der Waals surface area contributed by atoms with Gasteiger partial charge in [0.25, 0.3) is 0 Å². The monoisotopic (exact) mass is 901 g/mol. The molecule has 1 saturated carbocycles. The Morgan fingerprint density at radius 2 is 1.08 bits per heavy atom. The van der Waals surface area contributed by atoms with Gasteiger partial charge in [-0.15, -0.1) is 0 Å². The van der Waals surface area contributed by atoms with Gasteiger partial charge in [-0.3, -0.25) is 18.6 Å². The Hall–Kier alpha value is -2.49. The summed E-state index contributed by atoms with van der Waals surface area (Å²) < 4.78 is 33.4. The maximum absolute atomic E-state index is 12.8. The molecular formula is C47H81O14P. The van der Waals surface area contributed by atoms with E-state index >= 15 is 0 Å². The number of hydrogen-bond donors (Lipinski definition) is 7. The van der Waals surface area contributed by atoms with Gasteiger partial charge in [0.2, 0.25) is 0 Å². The molecule has 0 aromatic heterocycles. The summed E-state index contributed by atoms with van der Waals surface area (Å²) in [6, 6.07) is 0. The number of carbonyl (C=O) groups excluding carboxylic acids is 2. The second kappa shape index (κ2) is 36.8. The van der Waals surface area contributed by atoms with Gasteiger partial charge in [0.15, 0.2) is 6.10 Å². The predicted molar refractivity (Wildman–Crippen MR) is 241 cm³/mol. The molecule has 1 aliphatic rings. The Labute approximate surface area is 371 Å². The first kappa shape index (κ1) is 57.5. The quantitative estimate of drug-likeness (QED) is 0.0103. The summed E-state index contributed by atoms with van der Waals surface area (Å²) in [7, 11) is -5.16. The van der Waals surface area contributed by atoms with Crippen molar-refractivity contribution in [3.05, 3.63) is 60.8 Å². The lowest BCUT2D eigenvalue weighted by molar-refractivity contribution is -0.220. The first-order valence-corrected chi connectivity index (χ1v) is 24.7. The van der Waals surface area contributed by atoms with Crippen molar-refractivity contribution in [2.45, 2.75) is 210 Å². The topological polar surface area (TPSA) is 230 Å². The van der Waals surface area contributed by atoms with Crippen LogP contribution in [0.1, 0.15) is 162 Å². The molecular weight excluding hydrogens is 819 g/mol. The maximum Gasteiger partial charge on any atom is 0.472 e. The first-order valence-electron chi connectivity index (χ1n) is 23.2. The molecule has 4 unspecified atom stereocenters. The van der Waals surface area contributed by atoms with Gasteiger partial charge >= 0.3 is 19.8 Å². The lowest BCUT2D eigenvalue weighted by Crippen LogP contribution is -2.64. The molecule has 0 amide bonds. The molecule has 0 saturated heterocycles. The molecule has 14 nitrogen and oxygen atoms in total. The molecule has 15 heteroatoms. The van der Waals surface area contributed by atoms with E-state index in [1.54, 1.807) is 18.2 Å². The van der Waals surface area contributed by atoms with E-state index in [0.717, 1.165) is 51.4 Å². The summed E-state index contributed by atoms with van der Waals surface area (Å²) >= 11 is 0. The number of allylic oxidation sites excluding steroid dienone is 8. The van der Waals surface area contributed by atoms with Crippen LogP contribution in [-0.2, 0) is 32.7 Å². The van der Waals surface area contributed by atoms with Crippen LogP contribution < -0.4 is 0 Å². The van der Waals surface area contributed by atoms with Crippen molar-refractivity contribution in [2.24, 2.45) is 0 Å². The summed E-state index contributed by atoms with van der Waals surface area (Å²) in [5, 5.41) is 60.3. The summed E-state index contributed by atoms with van der Waals surface area (Å²) in [5.74, 6) is -1.24. The zero-order chi connectivity index (χ0) is 45.9. The van der Waals surface area contributed by atoms with Crippen molar-refractivity contribution in [2.75, 3.05) is 13.2 Å². The zero-order valence-electron chi connectivity index (χ0n) is 37.5. The molecule has 0 bridgehead atoms. The summed E-state index contributed by atoms with van der Waals surface area (Å²) in [6.45, 7) is 3.12. The van der Waals surface area contributed by atoms with E-state index in [0.29, 0.717) is 25.7 Å². The van der Waals surface area contributed by atoms with Crippen LogP contribution in [0.3, 0.4) is 0 Å².